The van der Waals surface area contributed by atoms with Gasteiger partial charge in [-0.3, -0.25) is 0 Å². The zero-order valence-electron chi connectivity index (χ0n) is 9.98. The minimum absolute atomic E-state index is 0.679. The largest absolute Gasteiger partial charge is 0.331 e. The van der Waals surface area contributed by atoms with Crippen LogP contribution in [0.15, 0.2) is 18.2 Å². The first-order chi connectivity index (χ1) is 8.29. The van der Waals surface area contributed by atoms with Crippen molar-refractivity contribution in [2.24, 2.45) is 13.0 Å². The maximum Gasteiger partial charge on any atom is 0.109 e. The molecule has 0 unspecified atom stereocenters. The molecule has 0 aliphatic heterocycles. The van der Waals surface area contributed by atoms with Crippen LogP contribution in [0, 0.1) is 17.2 Å². The third-order valence-electron chi connectivity index (χ3n) is 3.82. The van der Waals surface area contributed by atoms with E-state index in [-0.39, 0.29) is 0 Å². The van der Waals surface area contributed by atoms with Crippen LogP contribution in [0.5, 0.6) is 0 Å². The molecule has 3 heteroatoms. The van der Waals surface area contributed by atoms with E-state index in [0.29, 0.717) is 5.56 Å². The van der Waals surface area contributed by atoms with Crippen LogP contribution in [0.2, 0.25) is 0 Å². The number of para-hydroxylation sites is 1. The van der Waals surface area contributed by atoms with Crippen molar-refractivity contribution in [1.82, 2.24) is 9.55 Å². The summed E-state index contributed by atoms with van der Waals surface area (Å²) in [6.07, 6.45) is 5.07. The van der Waals surface area contributed by atoms with E-state index in [1.807, 2.05) is 25.2 Å². The van der Waals surface area contributed by atoms with E-state index in [0.717, 1.165) is 29.2 Å². The topological polar surface area (TPSA) is 41.6 Å². The van der Waals surface area contributed by atoms with Gasteiger partial charge in [0.15, 0.2) is 0 Å². The van der Waals surface area contributed by atoms with Crippen LogP contribution in [0.1, 0.15) is 30.7 Å². The van der Waals surface area contributed by atoms with Gasteiger partial charge in [-0.2, -0.15) is 5.26 Å². The summed E-state index contributed by atoms with van der Waals surface area (Å²) in [6, 6.07) is 8.01. The molecule has 3 rings (SSSR count). The van der Waals surface area contributed by atoms with Crippen LogP contribution in [0.4, 0.5) is 0 Å². The van der Waals surface area contributed by atoms with Crippen LogP contribution in [-0.2, 0) is 13.5 Å². The summed E-state index contributed by atoms with van der Waals surface area (Å²) in [5.41, 5.74) is 2.60. The molecule has 0 N–H and O–H groups in total. The molecule has 2 aromatic rings. The molecule has 1 aromatic carbocycles. The van der Waals surface area contributed by atoms with E-state index in [9.17, 15) is 0 Å². The highest BCUT2D eigenvalue weighted by molar-refractivity contribution is 5.82. The molecule has 0 radical (unpaired) electrons. The van der Waals surface area contributed by atoms with E-state index in [1.54, 1.807) is 0 Å². The molecular formula is C14H15N3. The fourth-order valence-electron chi connectivity index (χ4n) is 2.49. The number of hydrogen-bond acceptors (Lipinski definition) is 2. The molecule has 0 atom stereocenters. The number of aryl methyl sites for hydroxylation is 1. The predicted octanol–water partition coefficient (Wildman–Crippen LogP) is 2.79. The SMILES string of the molecule is Cn1c(CC2CCC2)nc2c(C#N)cccc21. The van der Waals surface area contributed by atoms with E-state index in [4.69, 9.17) is 5.26 Å². The minimum Gasteiger partial charge on any atom is -0.331 e. The average molecular weight is 225 g/mol. The number of nitriles is 1. The van der Waals surface area contributed by atoms with Crippen LogP contribution in [-0.4, -0.2) is 9.55 Å². The molecule has 1 saturated carbocycles. The Kier molecular flexibility index (Phi) is 2.36. The molecule has 1 aliphatic carbocycles. The average Bonchev–Trinajstić information content (AvgIpc) is 2.61. The molecule has 0 amide bonds. The predicted molar refractivity (Wildman–Crippen MR) is 66.5 cm³/mol. The summed E-state index contributed by atoms with van der Waals surface area (Å²) < 4.78 is 2.13. The van der Waals surface area contributed by atoms with Gasteiger partial charge in [-0.25, -0.2) is 4.98 Å². The van der Waals surface area contributed by atoms with Crippen molar-refractivity contribution in [1.29, 1.82) is 5.26 Å². The molecule has 3 nitrogen and oxygen atoms in total. The maximum absolute atomic E-state index is 9.08. The number of rotatable bonds is 2. The van der Waals surface area contributed by atoms with Crippen molar-refractivity contribution in [3.63, 3.8) is 0 Å². The van der Waals surface area contributed by atoms with Crippen LogP contribution in [0.25, 0.3) is 11.0 Å². The number of aromatic nitrogens is 2. The molecule has 17 heavy (non-hydrogen) atoms. The highest BCUT2D eigenvalue weighted by Crippen LogP contribution is 2.30. The standard InChI is InChI=1S/C14H15N3/c1-17-12-7-3-6-11(9-15)14(12)16-13(17)8-10-4-2-5-10/h3,6-7,10H,2,4-5,8H2,1H3. The van der Waals surface area contributed by atoms with Crippen LogP contribution < -0.4 is 0 Å². The highest BCUT2D eigenvalue weighted by Gasteiger charge is 2.21. The molecular weight excluding hydrogens is 210 g/mol. The summed E-state index contributed by atoms with van der Waals surface area (Å²) in [5.74, 6) is 1.92. The molecule has 1 aliphatic rings. The molecule has 86 valence electrons. The second-order valence-electron chi connectivity index (χ2n) is 4.87. The second kappa shape index (κ2) is 3.89. The molecule has 1 aromatic heterocycles. The lowest BCUT2D eigenvalue weighted by molar-refractivity contribution is 0.307. The lowest BCUT2D eigenvalue weighted by atomic mass is 9.83. The van der Waals surface area contributed by atoms with Gasteiger partial charge in [-0.15, -0.1) is 0 Å². The Labute approximate surface area is 101 Å². The zero-order valence-corrected chi connectivity index (χ0v) is 9.98. The molecule has 0 spiro atoms. The van der Waals surface area contributed by atoms with Crippen LogP contribution in [0.3, 0.4) is 0 Å². The van der Waals surface area contributed by atoms with E-state index < -0.39 is 0 Å². The smallest absolute Gasteiger partial charge is 0.109 e. The van der Waals surface area contributed by atoms with E-state index >= 15 is 0 Å². The first kappa shape index (κ1) is 10.3. The van der Waals surface area contributed by atoms with Gasteiger partial charge >= 0.3 is 0 Å². The summed E-state index contributed by atoms with van der Waals surface area (Å²) in [5, 5.41) is 9.08. The lowest BCUT2D eigenvalue weighted by Crippen LogP contribution is -2.16. The molecule has 1 heterocycles. The Morgan fingerprint density at radius 3 is 2.94 bits per heavy atom. The van der Waals surface area contributed by atoms with Crippen molar-refractivity contribution in [2.45, 2.75) is 25.7 Å². The Bertz CT molecular complexity index is 600. The van der Waals surface area contributed by atoms with Crippen LogP contribution >= 0.6 is 0 Å². The first-order valence-electron chi connectivity index (χ1n) is 6.14. The van der Waals surface area contributed by atoms with Gasteiger partial charge in [-0.05, 0) is 18.1 Å². The van der Waals surface area contributed by atoms with Gasteiger partial charge in [0.2, 0.25) is 0 Å². The van der Waals surface area contributed by atoms with Crippen molar-refractivity contribution < 1.29 is 0 Å². The fraction of sp³-hybridized carbons (Fsp3) is 0.429. The minimum atomic E-state index is 0.679. The Balaban J connectivity index is 2.07. The quantitative estimate of drug-likeness (QED) is 0.788. The monoisotopic (exact) mass is 225 g/mol. The summed E-state index contributed by atoms with van der Waals surface area (Å²) in [4.78, 5) is 4.65. The van der Waals surface area contributed by atoms with E-state index in [2.05, 4.69) is 15.6 Å². The summed E-state index contributed by atoms with van der Waals surface area (Å²) in [7, 11) is 2.05. The zero-order chi connectivity index (χ0) is 11.8. The Hall–Kier alpha value is -1.82. The van der Waals surface area contributed by atoms with Crippen molar-refractivity contribution in [2.75, 3.05) is 0 Å². The third kappa shape index (κ3) is 1.61. The summed E-state index contributed by atoms with van der Waals surface area (Å²) >= 11 is 0. The van der Waals surface area contributed by atoms with Crippen molar-refractivity contribution in [3.05, 3.63) is 29.6 Å². The van der Waals surface area contributed by atoms with Crippen molar-refractivity contribution >= 4 is 11.0 Å². The van der Waals surface area contributed by atoms with Gasteiger partial charge in [0.1, 0.15) is 17.4 Å². The fourth-order valence-corrected chi connectivity index (χ4v) is 2.49. The van der Waals surface area contributed by atoms with E-state index in [1.165, 1.54) is 19.3 Å². The number of fused-ring (bicyclic) bond motifs is 1. The van der Waals surface area contributed by atoms with Gasteiger partial charge in [-0.1, -0.05) is 25.3 Å². The Morgan fingerprint density at radius 2 is 2.29 bits per heavy atom. The van der Waals surface area contributed by atoms with Crippen molar-refractivity contribution in [3.8, 4) is 6.07 Å². The number of imidazole rings is 1. The third-order valence-corrected chi connectivity index (χ3v) is 3.82. The molecule has 1 fully saturated rings. The number of hydrogen-bond donors (Lipinski definition) is 0. The number of nitrogens with zero attached hydrogens (tertiary/aromatic N) is 3. The molecule has 0 saturated heterocycles. The molecule has 0 bridgehead atoms. The van der Waals surface area contributed by atoms with Gasteiger partial charge in [0, 0.05) is 13.5 Å². The lowest BCUT2D eigenvalue weighted by Gasteiger charge is -2.24. The van der Waals surface area contributed by atoms with Gasteiger partial charge < -0.3 is 4.57 Å². The highest BCUT2D eigenvalue weighted by atomic mass is 15.1. The number of benzene rings is 1. The Morgan fingerprint density at radius 1 is 1.47 bits per heavy atom. The second-order valence-corrected chi connectivity index (χ2v) is 4.87. The maximum atomic E-state index is 9.08. The normalized spacial score (nSPS) is 15.8. The first-order valence-corrected chi connectivity index (χ1v) is 6.14. The van der Waals surface area contributed by atoms with Gasteiger partial charge in [0.05, 0.1) is 11.1 Å². The van der Waals surface area contributed by atoms with Gasteiger partial charge in [0.25, 0.3) is 0 Å². The summed E-state index contributed by atoms with van der Waals surface area (Å²) in [6.45, 7) is 0.